The number of carbonyl (C=O) groups is 2. The summed E-state index contributed by atoms with van der Waals surface area (Å²) in [4.78, 5) is 27.6. The van der Waals surface area contributed by atoms with Gasteiger partial charge in [-0.15, -0.1) is 0 Å². The van der Waals surface area contributed by atoms with Crippen LogP contribution < -0.4 is 0 Å². The first-order valence-corrected chi connectivity index (χ1v) is 8.32. The molecule has 2 rings (SSSR count). The highest BCUT2D eigenvalue weighted by Gasteiger charge is 2.08. The molecule has 0 aliphatic rings. The van der Waals surface area contributed by atoms with E-state index in [9.17, 15) is 9.59 Å². The number of hydrogen-bond acceptors (Lipinski definition) is 5. The van der Waals surface area contributed by atoms with Crippen molar-refractivity contribution in [3.8, 4) is 0 Å². The molecule has 0 bridgehead atoms. The lowest BCUT2D eigenvalue weighted by molar-refractivity contribution is -0.144. The van der Waals surface area contributed by atoms with Gasteiger partial charge in [0.05, 0.1) is 25.2 Å². The van der Waals surface area contributed by atoms with Gasteiger partial charge in [0.15, 0.2) is 0 Å². The number of aromatic nitrogens is 1. The molecule has 24 heavy (non-hydrogen) atoms. The number of fused-ring (bicyclic) bond motifs is 1. The second-order valence-electron chi connectivity index (χ2n) is 5.40. The Hall–Kier alpha value is -2.43. The molecule has 1 heterocycles. The average molecular weight is 329 g/mol. The highest BCUT2D eigenvalue weighted by molar-refractivity contribution is 5.83. The Morgan fingerprint density at radius 1 is 0.917 bits per heavy atom. The Bertz CT molecular complexity index is 712. The van der Waals surface area contributed by atoms with E-state index in [1.807, 2.05) is 30.3 Å². The number of rotatable bonds is 8. The Morgan fingerprint density at radius 3 is 2.25 bits per heavy atom. The highest BCUT2D eigenvalue weighted by atomic mass is 16.5. The van der Waals surface area contributed by atoms with E-state index in [2.05, 4.69) is 4.98 Å². The van der Waals surface area contributed by atoms with Crippen LogP contribution in [0.15, 0.2) is 30.3 Å². The molecule has 0 aliphatic carbocycles. The fraction of sp³-hybridized carbons (Fsp3) is 0.421. The zero-order chi connectivity index (χ0) is 17.4. The van der Waals surface area contributed by atoms with E-state index in [1.165, 1.54) is 0 Å². The van der Waals surface area contributed by atoms with Crippen LogP contribution in [-0.4, -0.2) is 30.1 Å². The summed E-state index contributed by atoms with van der Waals surface area (Å²) in [5.74, 6) is -0.392. The minimum absolute atomic E-state index is 0.187. The molecule has 0 atom stereocenters. The third-order valence-corrected chi connectivity index (χ3v) is 3.67. The van der Waals surface area contributed by atoms with Crippen LogP contribution in [0.3, 0.4) is 0 Å². The van der Waals surface area contributed by atoms with E-state index < -0.39 is 0 Å². The molecule has 0 amide bonds. The molecule has 2 aromatic rings. The minimum Gasteiger partial charge on any atom is -0.466 e. The van der Waals surface area contributed by atoms with E-state index >= 15 is 0 Å². The Kier molecular flexibility index (Phi) is 6.73. The van der Waals surface area contributed by atoms with Gasteiger partial charge in [0, 0.05) is 23.9 Å². The van der Waals surface area contributed by atoms with Crippen LogP contribution in [0.25, 0.3) is 10.9 Å². The van der Waals surface area contributed by atoms with Crippen molar-refractivity contribution in [2.24, 2.45) is 0 Å². The molecule has 1 aromatic heterocycles. The number of aryl methyl sites for hydroxylation is 2. The molecule has 0 radical (unpaired) electrons. The number of carbonyl (C=O) groups excluding carboxylic acids is 2. The lowest BCUT2D eigenvalue weighted by atomic mass is 10.0. The van der Waals surface area contributed by atoms with E-state index in [-0.39, 0.29) is 11.9 Å². The molecular formula is C19H23NO4. The molecule has 0 unspecified atom stereocenters. The standard InChI is InChI=1S/C19H23NO4/c1-3-23-18(21)12-8-14-6-5-7-17-16(14)11-9-15(20-17)10-13-19(22)24-4-2/h5-7,9,11H,3-4,8,10,12-13H2,1-2H3. The number of esters is 2. The normalized spacial score (nSPS) is 10.6. The molecule has 5 nitrogen and oxygen atoms in total. The molecule has 1 aromatic carbocycles. The van der Waals surface area contributed by atoms with Crippen molar-refractivity contribution in [2.45, 2.75) is 39.5 Å². The third kappa shape index (κ3) is 5.05. The van der Waals surface area contributed by atoms with E-state index in [4.69, 9.17) is 9.47 Å². The van der Waals surface area contributed by atoms with Gasteiger partial charge in [-0.3, -0.25) is 14.6 Å². The van der Waals surface area contributed by atoms with Crippen molar-refractivity contribution in [1.29, 1.82) is 0 Å². The van der Waals surface area contributed by atoms with Gasteiger partial charge in [-0.25, -0.2) is 0 Å². The van der Waals surface area contributed by atoms with Crippen LogP contribution in [-0.2, 0) is 31.9 Å². The summed E-state index contributed by atoms with van der Waals surface area (Å²) in [6.45, 7) is 4.40. The van der Waals surface area contributed by atoms with Gasteiger partial charge in [0.2, 0.25) is 0 Å². The van der Waals surface area contributed by atoms with Crippen molar-refractivity contribution in [2.75, 3.05) is 13.2 Å². The topological polar surface area (TPSA) is 65.5 Å². The summed E-state index contributed by atoms with van der Waals surface area (Å²) in [6, 6.07) is 9.81. The van der Waals surface area contributed by atoms with Crippen molar-refractivity contribution in [1.82, 2.24) is 4.98 Å². The van der Waals surface area contributed by atoms with Crippen molar-refractivity contribution in [3.05, 3.63) is 41.6 Å². The summed E-state index contributed by atoms with van der Waals surface area (Å²) in [7, 11) is 0. The monoisotopic (exact) mass is 329 g/mol. The molecule has 0 saturated carbocycles. The number of benzene rings is 1. The van der Waals surface area contributed by atoms with Crippen molar-refractivity contribution in [3.63, 3.8) is 0 Å². The van der Waals surface area contributed by atoms with Crippen LogP contribution >= 0.6 is 0 Å². The molecule has 5 heteroatoms. The zero-order valence-electron chi connectivity index (χ0n) is 14.2. The zero-order valence-corrected chi connectivity index (χ0v) is 14.2. The maximum absolute atomic E-state index is 11.5. The quantitative estimate of drug-likeness (QED) is 0.696. The van der Waals surface area contributed by atoms with E-state index in [0.29, 0.717) is 38.9 Å². The number of ether oxygens (including phenoxy) is 2. The van der Waals surface area contributed by atoms with Gasteiger partial charge in [0.1, 0.15) is 0 Å². The molecule has 0 saturated heterocycles. The predicted octanol–water partition coefficient (Wildman–Crippen LogP) is 3.23. The summed E-state index contributed by atoms with van der Waals surface area (Å²) in [5.41, 5.74) is 2.81. The smallest absolute Gasteiger partial charge is 0.306 e. The Morgan fingerprint density at radius 2 is 1.58 bits per heavy atom. The molecule has 0 aliphatic heterocycles. The maximum atomic E-state index is 11.5. The molecule has 0 spiro atoms. The van der Waals surface area contributed by atoms with Crippen LogP contribution in [0, 0.1) is 0 Å². The van der Waals surface area contributed by atoms with Crippen molar-refractivity contribution >= 4 is 22.8 Å². The number of pyridine rings is 1. The van der Waals surface area contributed by atoms with Crippen LogP contribution in [0.1, 0.15) is 37.9 Å². The fourth-order valence-corrected chi connectivity index (χ4v) is 2.55. The second-order valence-corrected chi connectivity index (χ2v) is 5.40. The van der Waals surface area contributed by atoms with E-state index in [0.717, 1.165) is 22.2 Å². The van der Waals surface area contributed by atoms with Crippen LogP contribution in [0.2, 0.25) is 0 Å². The van der Waals surface area contributed by atoms with Crippen molar-refractivity contribution < 1.29 is 19.1 Å². The maximum Gasteiger partial charge on any atom is 0.306 e. The third-order valence-electron chi connectivity index (χ3n) is 3.67. The summed E-state index contributed by atoms with van der Waals surface area (Å²) >= 11 is 0. The first-order chi connectivity index (χ1) is 11.6. The first-order valence-electron chi connectivity index (χ1n) is 8.32. The SMILES string of the molecule is CCOC(=O)CCc1ccc2c(CCC(=O)OCC)cccc2n1. The first kappa shape index (κ1) is 17.9. The highest BCUT2D eigenvalue weighted by Crippen LogP contribution is 2.20. The molecular weight excluding hydrogens is 306 g/mol. The van der Waals surface area contributed by atoms with Gasteiger partial charge >= 0.3 is 11.9 Å². The number of hydrogen-bond donors (Lipinski definition) is 0. The molecule has 0 N–H and O–H groups in total. The van der Waals surface area contributed by atoms with Gasteiger partial charge < -0.3 is 9.47 Å². The summed E-state index contributed by atoms with van der Waals surface area (Å²) < 4.78 is 9.90. The summed E-state index contributed by atoms with van der Waals surface area (Å²) in [6.07, 6.45) is 1.87. The lowest BCUT2D eigenvalue weighted by Gasteiger charge is -2.08. The number of nitrogens with zero attached hydrogens (tertiary/aromatic N) is 1. The predicted molar refractivity (Wildman–Crippen MR) is 91.7 cm³/mol. The fourth-order valence-electron chi connectivity index (χ4n) is 2.55. The lowest BCUT2D eigenvalue weighted by Crippen LogP contribution is -2.06. The van der Waals surface area contributed by atoms with Gasteiger partial charge in [-0.2, -0.15) is 0 Å². The van der Waals surface area contributed by atoms with Gasteiger partial charge in [0.25, 0.3) is 0 Å². The molecule has 0 fully saturated rings. The second kappa shape index (κ2) is 9.01. The minimum atomic E-state index is -0.206. The summed E-state index contributed by atoms with van der Waals surface area (Å²) in [5, 5.41) is 1.03. The van der Waals surface area contributed by atoms with E-state index in [1.54, 1.807) is 13.8 Å². The Labute approximate surface area is 142 Å². The van der Waals surface area contributed by atoms with Gasteiger partial charge in [-0.05, 0) is 38.0 Å². The average Bonchev–Trinajstić information content (AvgIpc) is 2.58. The van der Waals surface area contributed by atoms with Crippen LogP contribution in [0.5, 0.6) is 0 Å². The van der Waals surface area contributed by atoms with Crippen LogP contribution in [0.4, 0.5) is 0 Å². The largest absolute Gasteiger partial charge is 0.466 e. The molecule has 128 valence electrons. The Balaban J connectivity index is 2.07. The van der Waals surface area contributed by atoms with Gasteiger partial charge in [-0.1, -0.05) is 18.2 Å².